The predicted octanol–water partition coefficient (Wildman–Crippen LogP) is 3.74. The maximum absolute atomic E-state index is 4.06. The highest BCUT2D eigenvalue weighted by Gasteiger charge is 2.10. The Labute approximate surface area is 117 Å². The number of aromatic nitrogens is 1. The number of nitrogens with zero attached hydrogens (tertiary/aromatic N) is 1. The summed E-state index contributed by atoms with van der Waals surface area (Å²) in [7, 11) is 0. The molecule has 94 valence electrons. The molecule has 2 rings (SSSR count). The Morgan fingerprint density at radius 3 is 2.39 bits per heavy atom. The molecular formula is C15H17BrN2. The van der Waals surface area contributed by atoms with E-state index in [1.807, 2.05) is 12.4 Å². The van der Waals surface area contributed by atoms with Gasteiger partial charge in [-0.2, -0.15) is 0 Å². The zero-order chi connectivity index (χ0) is 12.8. The van der Waals surface area contributed by atoms with Crippen molar-refractivity contribution in [3.05, 3.63) is 64.4 Å². The SMILES string of the molecule is CCNC(Cc1ccncc1)c1ccc(Br)cc1. The topological polar surface area (TPSA) is 24.9 Å². The zero-order valence-electron chi connectivity index (χ0n) is 10.4. The van der Waals surface area contributed by atoms with Crippen molar-refractivity contribution in [3.63, 3.8) is 0 Å². The molecule has 0 bridgehead atoms. The molecule has 1 aromatic heterocycles. The van der Waals surface area contributed by atoms with Gasteiger partial charge in [-0.05, 0) is 48.4 Å². The fourth-order valence-electron chi connectivity index (χ4n) is 2.00. The lowest BCUT2D eigenvalue weighted by atomic mass is 9.99. The summed E-state index contributed by atoms with van der Waals surface area (Å²) in [5.41, 5.74) is 2.62. The van der Waals surface area contributed by atoms with E-state index in [2.05, 4.69) is 69.6 Å². The van der Waals surface area contributed by atoms with Crippen LogP contribution in [-0.2, 0) is 6.42 Å². The van der Waals surface area contributed by atoms with E-state index in [1.165, 1.54) is 11.1 Å². The van der Waals surface area contributed by atoms with Crippen LogP contribution in [-0.4, -0.2) is 11.5 Å². The van der Waals surface area contributed by atoms with Crippen LogP contribution < -0.4 is 5.32 Å². The summed E-state index contributed by atoms with van der Waals surface area (Å²) in [6, 6.07) is 13.0. The summed E-state index contributed by atoms with van der Waals surface area (Å²) >= 11 is 3.47. The molecule has 2 aromatic rings. The molecule has 0 spiro atoms. The summed E-state index contributed by atoms with van der Waals surface area (Å²) < 4.78 is 1.12. The predicted molar refractivity (Wildman–Crippen MR) is 78.5 cm³/mol. The van der Waals surface area contributed by atoms with E-state index in [4.69, 9.17) is 0 Å². The third kappa shape index (κ3) is 3.65. The Morgan fingerprint density at radius 1 is 1.11 bits per heavy atom. The number of nitrogens with one attached hydrogen (secondary N) is 1. The minimum Gasteiger partial charge on any atom is -0.310 e. The van der Waals surface area contributed by atoms with Crippen LogP contribution in [0.15, 0.2) is 53.3 Å². The smallest absolute Gasteiger partial charge is 0.0360 e. The van der Waals surface area contributed by atoms with Gasteiger partial charge in [0, 0.05) is 22.9 Å². The van der Waals surface area contributed by atoms with Crippen molar-refractivity contribution in [2.45, 2.75) is 19.4 Å². The van der Waals surface area contributed by atoms with Gasteiger partial charge in [-0.25, -0.2) is 0 Å². The summed E-state index contributed by atoms with van der Waals surface area (Å²) in [5.74, 6) is 0. The molecule has 1 N–H and O–H groups in total. The first-order valence-corrected chi connectivity index (χ1v) is 6.96. The number of rotatable bonds is 5. The second-order valence-electron chi connectivity index (χ2n) is 4.22. The minimum absolute atomic E-state index is 0.352. The quantitative estimate of drug-likeness (QED) is 0.910. The Bertz CT molecular complexity index is 468. The Hall–Kier alpha value is -1.19. The van der Waals surface area contributed by atoms with Gasteiger partial charge >= 0.3 is 0 Å². The third-order valence-electron chi connectivity index (χ3n) is 2.91. The average molecular weight is 305 g/mol. The Kier molecular flexibility index (Phi) is 4.90. The molecule has 0 amide bonds. The second kappa shape index (κ2) is 6.66. The lowest BCUT2D eigenvalue weighted by Crippen LogP contribution is -2.22. The molecule has 18 heavy (non-hydrogen) atoms. The van der Waals surface area contributed by atoms with Crippen LogP contribution in [0.25, 0.3) is 0 Å². The number of likely N-dealkylation sites (N-methyl/N-ethyl adjacent to an activating group) is 1. The van der Waals surface area contributed by atoms with E-state index in [0.717, 1.165) is 17.4 Å². The first-order valence-electron chi connectivity index (χ1n) is 6.17. The highest BCUT2D eigenvalue weighted by atomic mass is 79.9. The second-order valence-corrected chi connectivity index (χ2v) is 5.14. The standard InChI is InChI=1S/C15H17BrN2/c1-2-18-15(11-12-7-9-17-10-8-12)13-3-5-14(16)6-4-13/h3-10,15,18H,2,11H2,1H3. The van der Waals surface area contributed by atoms with Crippen molar-refractivity contribution < 1.29 is 0 Å². The summed E-state index contributed by atoms with van der Waals surface area (Å²) in [5, 5.41) is 3.53. The number of benzene rings is 1. The zero-order valence-corrected chi connectivity index (χ0v) is 12.0. The van der Waals surface area contributed by atoms with E-state index in [9.17, 15) is 0 Å². The maximum Gasteiger partial charge on any atom is 0.0360 e. The van der Waals surface area contributed by atoms with Crippen LogP contribution in [0.4, 0.5) is 0 Å². The fraction of sp³-hybridized carbons (Fsp3) is 0.267. The molecule has 0 radical (unpaired) electrons. The number of halogens is 1. The van der Waals surface area contributed by atoms with Crippen molar-refractivity contribution >= 4 is 15.9 Å². The van der Waals surface area contributed by atoms with Crippen LogP contribution in [0.1, 0.15) is 24.1 Å². The number of hydrogen-bond acceptors (Lipinski definition) is 2. The first-order chi connectivity index (χ1) is 8.79. The monoisotopic (exact) mass is 304 g/mol. The van der Waals surface area contributed by atoms with Gasteiger partial charge in [-0.15, -0.1) is 0 Å². The van der Waals surface area contributed by atoms with Gasteiger partial charge in [-0.3, -0.25) is 4.98 Å². The van der Waals surface area contributed by atoms with Gasteiger partial charge in [0.05, 0.1) is 0 Å². The van der Waals surface area contributed by atoms with Gasteiger partial charge in [0.25, 0.3) is 0 Å². The molecule has 0 aliphatic carbocycles. The molecule has 3 heteroatoms. The van der Waals surface area contributed by atoms with Crippen LogP contribution in [0, 0.1) is 0 Å². The van der Waals surface area contributed by atoms with E-state index in [1.54, 1.807) is 0 Å². The molecule has 0 fully saturated rings. The highest BCUT2D eigenvalue weighted by molar-refractivity contribution is 9.10. The van der Waals surface area contributed by atoms with Gasteiger partial charge in [-0.1, -0.05) is 35.0 Å². The van der Waals surface area contributed by atoms with E-state index in [-0.39, 0.29) is 0 Å². The first kappa shape index (κ1) is 13.2. The maximum atomic E-state index is 4.06. The lowest BCUT2D eigenvalue weighted by Gasteiger charge is -2.18. The van der Waals surface area contributed by atoms with E-state index in [0.29, 0.717) is 6.04 Å². The van der Waals surface area contributed by atoms with Crippen molar-refractivity contribution in [2.75, 3.05) is 6.54 Å². The molecule has 1 heterocycles. The lowest BCUT2D eigenvalue weighted by molar-refractivity contribution is 0.549. The number of hydrogen-bond donors (Lipinski definition) is 1. The average Bonchev–Trinajstić information content (AvgIpc) is 2.40. The highest BCUT2D eigenvalue weighted by Crippen LogP contribution is 2.20. The van der Waals surface area contributed by atoms with Gasteiger partial charge in [0.2, 0.25) is 0 Å². The summed E-state index contributed by atoms with van der Waals surface area (Å²) in [6.07, 6.45) is 4.68. The summed E-state index contributed by atoms with van der Waals surface area (Å²) in [4.78, 5) is 4.06. The van der Waals surface area contributed by atoms with E-state index >= 15 is 0 Å². The van der Waals surface area contributed by atoms with Crippen LogP contribution in [0.3, 0.4) is 0 Å². The molecule has 1 aromatic carbocycles. The molecule has 0 saturated carbocycles. The van der Waals surface area contributed by atoms with Crippen LogP contribution in [0.2, 0.25) is 0 Å². The molecule has 0 saturated heterocycles. The van der Waals surface area contributed by atoms with Crippen LogP contribution >= 0.6 is 15.9 Å². The molecular weight excluding hydrogens is 288 g/mol. The summed E-state index contributed by atoms with van der Waals surface area (Å²) in [6.45, 7) is 3.10. The van der Waals surface area contributed by atoms with Gasteiger partial charge < -0.3 is 5.32 Å². The molecule has 0 aliphatic rings. The van der Waals surface area contributed by atoms with Crippen molar-refractivity contribution in [3.8, 4) is 0 Å². The third-order valence-corrected chi connectivity index (χ3v) is 3.44. The van der Waals surface area contributed by atoms with Crippen molar-refractivity contribution in [1.82, 2.24) is 10.3 Å². The molecule has 2 nitrogen and oxygen atoms in total. The number of pyridine rings is 1. The van der Waals surface area contributed by atoms with Crippen molar-refractivity contribution in [1.29, 1.82) is 0 Å². The molecule has 1 atom stereocenters. The Balaban J connectivity index is 2.15. The van der Waals surface area contributed by atoms with Gasteiger partial charge in [0.1, 0.15) is 0 Å². The molecule has 0 aliphatic heterocycles. The molecule has 1 unspecified atom stereocenters. The minimum atomic E-state index is 0.352. The largest absolute Gasteiger partial charge is 0.310 e. The van der Waals surface area contributed by atoms with Crippen LogP contribution in [0.5, 0.6) is 0 Å². The normalized spacial score (nSPS) is 12.3. The van der Waals surface area contributed by atoms with Gasteiger partial charge in [0.15, 0.2) is 0 Å². The van der Waals surface area contributed by atoms with E-state index < -0.39 is 0 Å². The Morgan fingerprint density at radius 2 is 1.78 bits per heavy atom. The fourth-order valence-corrected chi connectivity index (χ4v) is 2.27. The van der Waals surface area contributed by atoms with Crippen molar-refractivity contribution in [2.24, 2.45) is 0 Å².